The van der Waals surface area contributed by atoms with Gasteiger partial charge in [0.05, 0.1) is 11.7 Å². The molecule has 0 aliphatic heterocycles. The van der Waals surface area contributed by atoms with Gasteiger partial charge in [0.1, 0.15) is 11.6 Å². The van der Waals surface area contributed by atoms with Gasteiger partial charge >= 0.3 is 0 Å². The molecule has 0 radical (unpaired) electrons. The second-order valence-electron chi connectivity index (χ2n) is 7.88. The number of nitrogen functional groups attached to an aromatic ring is 1. The number of nitrogens with one attached hydrogen (secondary N) is 1. The number of pyridine rings is 3. The summed E-state index contributed by atoms with van der Waals surface area (Å²) in [4.78, 5) is 27.1. The fraction of sp³-hybridized carbons (Fsp3) is 0.227. The van der Waals surface area contributed by atoms with E-state index < -0.39 is 0 Å². The van der Waals surface area contributed by atoms with E-state index in [0.29, 0.717) is 17.5 Å². The number of rotatable bonds is 4. The molecule has 1 saturated carbocycles. The first-order valence-electron chi connectivity index (χ1n) is 10.2. The Bertz CT molecular complexity index is 1370. The molecule has 10 nitrogen and oxygen atoms in total. The minimum Gasteiger partial charge on any atom is -0.383 e. The number of hydrogen-bond acceptors (Lipinski definition) is 8. The lowest BCUT2D eigenvalue weighted by molar-refractivity contribution is -0.112. The van der Waals surface area contributed by atoms with Crippen LogP contribution >= 0.6 is 0 Å². The smallest absolute Gasteiger partial charge is 0.249 e. The van der Waals surface area contributed by atoms with Crippen molar-refractivity contribution in [3.63, 3.8) is 0 Å². The molecule has 0 unspecified atom stereocenters. The van der Waals surface area contributed by atoms with E-state index in [1.807, 2.05) is 19.1 Å². The Balaban J connectivity index is 1.33. The minimum absolute atomic E-state index is 0.152. The first-order chi connectivity index (χ1) is 15.5. The molecule has 0 atom stereocenters. The fourth-order valence-corrected chi connectivity index (χ4v) is 3.74. The molecule has 5 rings (SSSR count). The van der Waals surface area contributed by atoms with E-state index in [2.05, 4.69) is 35.7 Å². The van der Waals surface area contributed by atoms with Crippen molar-refractivity contribution in [1.82, 2.24) is 35.2 Å². The molecule has 4 aromatic heterocycles. The lowest BCUT2D eigenvalue weighted by Crippen LogP contribution is -2.23. The van der Waals surface area contributed by atoms with E-state index in [1.165, 1.54) is 0 Å². The molecule has 0 spiro atoms. The number of nitrogens with two attached hydrogens (primary N) is 1. The van der Waals surface area contributed by atoms with Gasteiger partial charge in [0.2, 0.25) is 5.91 Å². The van der Waals surface area contributed by atoms with Crippen molar-refractivity contribution in [3.8, 4) is 11.3 Å². The Morgan fingerprint density at radius 3 is 2.84 bits per heavy atom. The number of allylic oxidation sites excluding steroid dienone is 1. The maximum atomic E-state index is 12.5. The Morgan fingerprint density at radius 2 is 2.09 bits per heavy atom. The molecule has 1 aliphatic rings. The highest BCUT2D eigenvalue weighted by atomic mass is 16.1. The number of anilines is 2. The van der Waals surface area contributed by atoms with Gasteiger partial charge in [-0.05, 0) is 61.1 Å². The molecule has 4 aromatic rings. The van der Waals surface area contributed by atoms with E-state index >= 15 is 0 Å². The molecule has 32 heavy (non-hydrogen) atoms. The third kappa shape index (κ3) is 3.78. The average Bonchev–Trinajstić information content (AvgIpc) is 3.16. The van der Waals surface area contributed by atoms with Crippen molar-refractivity contribution in [2.75, 3.05) is 11.1 Å². The summed E-state index contributed by atoms with van der Waals surface area (Å²) >= 11 is 0. The topological polar surface area (TPSA) is 137 Å². The van der Waals surface area contributed by atoms with Crippen LogP contribution in [0.2, 0.25) is 0 Å². The van der Waals surface area contributed by atoms with Crippen LogP contribution < -0.4 is 11.1 Å². The first-order valence-corrected chi connectivity index (χ1v) is 10.2. The van der Waals surface area contributed by atoms with Crippen molar-refractivity contribution < 1.29 is 4.79 Å². The Kier molecular flexibility index (Phi) is 4.81. The molecule has 4 heterocycles. The number of amides is 1. The van der Waals surface area contributed by atoms with E-state index in [9.17, 15) is 4.79 Å². The van der Waals surface area contributed by atoms with Crippen molar-refractivity contribution in [3.05, 3.63) is 59.8 Å². The predicted octanol–water partition coefficient (Wildman–Crippen LogP) is 2.78. The quantitative estimate of drug-likeness (QED) is 0.474. The van der Waals surface area contributed by atoms with Crippen LogP contribution in [0.1, 0.15) is 30.3 Å². The molecule has 1 aliphatic carbocycles. The minimum atomic E-state index is -0.224. The lowest BCUT2D eigenvalue weighted by Gasteiger charge is -2.27. The molecular weight excluding hydrogens is 406 g/mol. The lowest BCUT2D eigenvalue weighted by atomic mass is 9.86. The van der Waals surface area contributed by atoms with Crippen LogP contribution in [-0.2, 0) is 4.79 Å². The second-order valence-corrected chi connectivity index (χ2v) is 7.88. The van der Waals surface area contributed by atoms with Crippen LogP contribution in [0.15, 0.2) is 48.4 Å². The van der Waals surface area contributed by atoms with Crippen molar-refractivity contribution in [2.45, 2.75) is 32.7 Å². The molecule has 0 aromatic carbocycles. The number of aryl methyl sites for hydroxylation is 2. The normalized spacial score (nSPS) is 15.4. The maximum Gasteiger partial charge on any atom is 0.249 e. The maximum absolute atomic E-state index is 12.5. The number of carbonyl (C=O) groups excluding carboxylic acids is 1. The van der Waals surface area contributed by atoms with E-state index in [1.54, 1.807) is 42.5 Å². The highest BCUT2D eigenvalue weighted by Gasteiger charge is 2.27. The summed E-state index contributed by atoms with van der Waals surface area (Å²) in [5.41, 5.74) is 9.88. The molecule has 0 bridgehead atoms. The van der Waals surface area contributed by atoms with Gasteiger partial charge < -0.3 is 11.1 Å². The van der Waals surface area contributed by atoms with Gasteiger partial charge in [-0.1, -0.05) is 5.57 Å². The molecule has 1 amide bonds. The number of nitrogens with zero attached hydrogens (tertiary/aromatic N) is 7. The number of fused-ring (bicyclic) bond motifs is 1. The molecule has 0 saturated heterocycles. The summed E-state index contributed by atoms with van der Waals surface area (Å²) in [6.07, 6.45) is 8.19. The molecule has 1 fully saturated rings. The molecule has 3 N–H and O–H groups in total. The van der Waals surface area contributed by atoms with Crippen molar-refractivity contribution >= 4 is 28.3 Å². The summed E-state index contributed by atoms with van der Waals surface area (Å²) in [5.74, 6) is 1.24. The third-order valence-electron chi connectivity index (χ3n) is 5.50. The van der Waals surface area contributed by atoms with Crippen molar-refractivity contribution in [1.29, 1.82) is 0 Å². The average molecular weight is 427 g/mol. The Labute approximate surface area is 183 Å². The zero-order valence-electron chi connectivity index (χ0n) is 17.6. The van der Waals surface area contributed by atoms with Gasteiger partial charge in [0, 0.05) is 35.6 Å². The SMILES string of the molecule is Cc1nnn(C2CC(=CC(=O)Nc3cc4cc(-c5cnccc5C)nc(N)c4cn3)C2)n1. The summed E-state index contributed by atoms with van der Waals surface area (Å²) in [5, 5.41) is 16.5. The number of carbonyl (C=O) groups is 1. The van der Waals surface area contributed by atoms with Gasteiger partial charge in [0.15, 0.2) is 5.82 Å². The summed E-state index contributed by atoms with van der Waals surface area (Å²) < 4.78 is 0. The third-order valence-corrected chi connectivity index (χ3v) is 5.50. The summed E-state index contributed by atoms with van der Waals surface area (Å²) in [6, 6.07) is 5.80. The second kappa shape index (κ2) is 7.80. The van der Waals surface area contributed by atoms with Crippen LogP contribution in [-0.4, -0.2) is 41.1 Å². The van der Waals surface area contributed by atoms with Crippen molar-refractivity contribution in [2.24, 2.45) is 0 Å². The van der Waals surface area contributed by atoms with Gasteiger partial charge in [-0.3, -0.25) is 9.78 Å². The molecule has 10 heteroatoms. The van der Waals surface area contributed by atoms with Crippen LogP contribution in [0.3, 0.4) is 0 Å². The largest absolute Gasteiger partial charge is 0.383 e. The summed E-state index contributed by atoms with van der Waals surface area (Å²) in [7, 11) is 0. The van der Waals surface area contributed by atoms with E-state index in [4.69, 9.17) is 5.73 Å². The zero-order chi connectivity index (χ0) is 22.2. The van der Waals surface area contributed by atoms with Gasteiger partial charge in [-0.25, -0.2) is 9.97 Å². The Hall–Kier alpha value is -4.21. The number of hydrogen-bond donors (Lipinski definition) is 2. The number of tetrazole rings is 1. The van der Waals surface area contributed by atoms with Crippen LogP contribution in [0.4, 0.5) is 11.6 Å². The van der Waals surface area contributed by atoms with Crippen LogP contribution in [0, 0.1) is 13.8 Å². The first kappa shape index (κ1) is 19.7. The van der Waals surface area contributed by atoms with E-state index in [-0.39, 0.29) is 11.9 Å². The van der Waals surface area contributed by atoms with Gasteiger partial charge in [-0.15, -0.1) is 10.2 Å². The standard InChI is InChI=1S/C22H21N9O/c1-12-3-4-24-10-17(12)19-8-15-9-20(25-11-18(15)22(23)26-19)27-21(32)7-14-5-16(6-14)31-29-13(2)28-30-31/h3-4,7-11,16H,5-6H2,1-2H3,(H2,23,26)(H,25,27,32). The predicted molar refractivity (Wildman–Crippen MR) is 119 cm³/mol. The monoisotopic (exact) mass is 427 g/mol. The van der Waals surface area contributed by atoms with Gasteiger partial charge in [0.25, 0.3) is 0 Å². The zero-order valence-corrected chi connectivity index (χ0v) is 17.6. The van der Waals surface area contributed by atoms with Gasteiger partial charge in [-0.2, -0.15) is 4.80 Å². The van der Waals surface area contributed by atoms with E-state index in [0.717, 1.165) is 46.0 Å². The fourth-order valence-electron chi connectivity index (χ4n) is 3.74. The molecular formula is C22H21N9O. The molecule has 160 valence electrons. The van der Waals surface area contributed by atoms with Crippen LogP contribution in [0.25, 0.3) is 22.0 Å². The summed E-state index contributed by atoms with van der Waals surface area (Å²) in [6.45, 7) is 3.79. The Morgan fingerprint density at radius 1 is 1.25 bits per heavy atom. The number of aromatic nitrogens is 7. The van der Waals surface area contributed by atoms with Crippen LogP contribution in [0.5, 0.6) is 0 Å². The highest BCUT2D eigenvalue weighted by molar-refractivity contribution is 6.01. The highest BCUT2D eigenvalue weighted by Crippen LogP contribution is 2.36.